The number of hydrogen-bond acceptors (Lipinski definition) is 4. The second kappa shape index (κ2) is 8.77. The van der Waals surface area contributed by atoms with Crippen LogP contribution in [0.4, 0.5) is 0 Å². The Labute approximate surface area is 127 Å². The average molecular weight is 293 g/mol. The van der Waals surface area contributed by atoms with E-state index in [0.717, 1.165) is 31.7 Å². The molecule has 0 fully saturated rings. The van der Waals surface area contributed by atoms with E-state index in [1.807, 2.05) is 37.4 Å². The smallest absolute Gasteiger partial charge is 0.244 e. The number of amides is 1. The summed E-state index contributed by atoms with van der Waals surface area (Å²) in [7, 11) is 3.73. The molecule has 0 bridgehead atoms. The molecule has 0 saturated heterocycles. The van der Waals surface area contributed by atoms with Crippen LogP contribution in [-0.4, -0.2) is 51.2 Å². The zero-order chi connectivity index (χ0) is 15.7. The van der Waals surface area contributed by atoms with Gasteiger partial charge in [-0.2, -0.15) is 0 Å². The maximum absolute atomic E-state index is 12.2. The molecule has 1 unspecified atom stereocenters. The second-order valence-corrected chi connectivity index (χ2v) is 5.47. The summed E-state index contributed by atoms with van der Waals surface area (Å²) in [4.78, 5) is 14.4. The number of carbonyl (C=O) groups is 1. The first-order valence-corrected chi connectivity index (χ1v) is 7.28. The van der Waals surface area contributed by atoms with Gasteiger partial charge in [-0.3, -0.25) is 4.79 Å². The molecule has 1 aromatic rings. The molecule has 0 radical (unpaired) electrons. The first-order valence-electron chi connectivity index (χ1n) is 7.28. The van der Waals surface area contributed by atoms with E-state index in [2.05, 4.69) is 10.2 Å². The topological polar surface area (TPSA) is 67.6 Å². The van der Waals surface area contributed by atoms with Crippen LogP contribution in [0.2, 0.25) is 0 Å². The average Bonchev–Trinajstić information content (AvgIpc) is 2.50. The predicted molar refractivity (Wildman–Crippen MR) is 85.0 cm³/mol. The first kappa shape index (κ1) is 17.6. The van der Waals surface area contributed by atoms with E-state index in [-0.39, 0.29) is 5.91 Å². The SMILES string of the molecule is COCCN(C)CCCNC(=O)C(C)(N)c1ccccc1. The monoisotopic (exact) mass is 293 g/mol. The van der Waals surface area contributed by atoms with Crippen LogP contribution in [0, 0.1) is 0 Å². The number of methoxy groups -OCH3 is 1. The molecule has 1 amide bonds. The van der Waals surface area contributed by atoms with Gasteiger partial charge in [-0.25, -0.2) is 0 Å². The maximum Gasteiger partial charge on any atom is 0.244 e. The molecule has 118 valence electrons. The maximum atomic E-state index is 12.2. The lowest BCUT2D eigenvalue weighted by atomic mass is 9.92. The van der Waals surface area contributed by atoms with Crippen molar-refractivity contribution in [3.05, 3.63) is 35.9 Å². The van der Waals surface area contributed by atoms with Gasteiger partial charge in [0.05, 0.1) is 6.61 Å². The minimum atomic E-state index is -0.997. The van der Waals surface area contributed by atoms with Gasteiger partial charge in [0.1, 0.15) is 5.54 Å². The van der Waals surface area contributed by atoms with Crippen LogP contribution in [0.1, 0.15) is 18.9 Å². The van der Waals surface area contributed by atoms with Gasteiger partial charge in [0.2, 0.25) is 5.91 Å². The molecular formula is C16H27N3O2. The standard InChI is InChI=1S/C16H27N3O2/c1-16(17,14-8-5-4-6-9-14)15(20)18-10-7-11-19(2)12-13-21-3/h4-6,8-9H,7,10-13,17H2,1-3H3,(H,18,20). The summed E-state index contributed by atoms with van der Waals surface area (Å²) in [6, 6.07) is 9.43. The first-order chi connectivity index (χ1) is 9.98. The fraction of sp³-hybridized carbons (Fsp3) is 0.562. The number of carbonyl (C=O) groups excluding carboxylic acids is 1. The molecule has 0 heterocycles. The molecule has 1 atom stereocenters. The van der Waals surface area contributed by atoms with E-state index in [9.17, 15) is 4.79 Å². The van der Waals surface area contributed by atoms with Crippen LogP contribution in [0.25, 0.3) is 0 Å². The molecular weight excluding hydrogens is 266 g/mol. The van der Waals surface area contributed by atoms with E-state index in [0.29, 0.717) is 6.54 Å². The zero-order valence-corrected chi connectivity index (χ0v) is 13.3. The number of ether oxygens (including phenoxy) is 1. The molecule has 0 spiro atoms. The second-order valence-electron chi connectivity index (χ2n) is 5.47. The van der Waals surface area contributed by atoms with Crippen molar-refractivity contribution in [1.29, 1.82) is 0 Å². The zero-order valence-electron chi connectivity index (χ0n) is 13.3. The van der Waals surface area contributed by atoms with E-state index in [1.54, 1.807) is 14.0 Å². The highest BCUT2D eigenvalue weighted by Gasteiger charge is 2.29. The van der Waals surface area contributed by atoms with Crippen molar-refractivity contribution in [3.8, 4) is 0 Å². The molecule has 0 aromatic heterocycles. The number of nitrogens with one attached hydrogen (secondary N) is 1. The number of benzene rings is 1. The molecule has 0 saturated carbocycles. The molecule has 0 aliphatic carbocycles. The van der Waals surface area contributed by atoms with Crippen LogP contribution < -0.4 is 11.1 Å². The summed E-state index contributed by atoms with van der Waals surface area (Å²) in [6.45, 7) is 4.88. The van der Waals surface area contributed by atoms with Gasteiger partial charge in [0.25, 0.3) is 0 Å². The van der Waals surface area contributed by atoms with Crippen LogP contribution in [-0.2, 0) is 15.1 Å². The largest absolute Gasteiger partial charge is 0.383 e. The third-order valence-corrected chi connectivity index (χ3v) is 3.52. The summed E-state index contributed by atoms with van der Waals surface area (Å²) >= 11 is 0. The normalized spacial score (nSPS) is 14.0. The van der Waals surface area contributed by atoms with Crippen molar-refractivity contribution in [2.75, 3.05) is 40.4 Å². The highest BCUT2D eigenvalue weighted by Crippen LogP contribution is 2.17. The summed E-state index contributed by atoms with van der Waals surface area (Å²) in [6.07, 6.45) is 0.886. The Hall–Kier alpha value is -1.43. The third kappa shape index (κ3) is 5.83. The van der Waals surface area contributed by atoms with Crippen molar-refractivity contribution < 1.29 is 9.53 Å². The number of nitrogens with two attached hydrogens (primary N) is 1. The summed E-state index contributed by atoms with van der Waals surface area (Å²) < 4.78 is 5.02. The van der Waals surface area contributed by atoms with E-state index >= 15 is 0 Å². The van der Waals surface area contributed by atoms with Crippen molar-refractivity contribution in [2.24, 2.45) is 5.73 Å². The van der Waals surface area contributed by atoms with Crippen molar-refractivity contribution in [1.82, 2.24) is 10.2 Å². The number of hydrogen-bond donors (Lipinski definition) is 2. The lowest BCUT2D eigenvalue weighted by Crippen LogP contribution is -2.49. The highest BCUT2D eigenvalue weighted by atomic mass is 16.5. The Morgan fingerprint density at radius 3 is 2.62 bits per heavy atom. The molecule has 1 rings (SSSR count). The fourth-order valence-corrected chi connectivity index (χ4v) is 2.01. The third-order valence-electron chi connectivity index (χ3n) is 3.52. The lowest BCUT2D eigenvalue weighted by molar-refractivity contribution is -0.126. The van der Waals surface area contributed by atoms with Crippen molar-refractivity contribution >= 4 is 5.91 Å². The molecule has 5 nitrogen and oxygen atoms in total. The fourth-order valence-electron chi connectivity index (χ4n) is 2.01. The molecule has 1 aromatic carbocycles. The van der Waals surface area contributed by atoms with Gasteiger partial charge < -0.3 is 20.7 Å². The Morgan fingerprint density at radius 2 is 2.00 bits per heavy atom. The van der Waals surface area contributed by atoms with Crippen molar-refractivity contribution in [3.63, 3.8) is 0 Å². The van der Waals surface area contributed by atoms with Gasteiger partial charge in [-0.15, -0.1) is 0 Å². The van der Waals surface area contributed by atoms with Crippen LogP contribution in [0.15, 0.2) is 30.3 Å². The Kier molecular flexibility index (Phi) is 7.36. The van der Waals surface area contributed by atoms with Gasteiger partial charge in [-0.05, 0) is 32.5 Å². The van der Waals surface area contributed by atoms with E-state index in [4.69, 9.17) is 10.5 Å². The van der Waals surface area contributed by atoms with Gasteiger partial charge in [0.15, 0.2) is 0 Å². The Balaban J connectivity index is 2.33. The number of rotatable bonds is 9. The van der Waals surface area contributed by atoms with Crippen LogP contribution in [0.5, 0.6) is 0 Å². The summed E-state index contributed by atoms with van der Waals surface area (Å²) in [5.41, 5.74) is 5.97. The Bertz CT molecular complexity index is 421. The molecule has 0 aliphatic rings. The summed E-state index contributed by atoms with van der Waals surface area (Å²) in [5.74, 6) is -0.145. The molecule has 21 heavy (non-hydrogen) atoms. The highest BCUT2D eigenvalue weighted by molar-refractivity contribution is 5.86. The van der Waals surface area contributed by atoms with E-state index < -0.39 is 5.54 Å². The van der Waals surface area contributed by atoms with Crippen molar-refractivity contribution in [2.45, 2.75) is 18.9 Å². The van der Waals surface area contributed by atoms with E-state index in [1.165, 1.54) is 0 Å². The Morgan fingerprint density at radius 1 is 1.33 bits per heavy atom. The molecule has 0 aliphatic heterocycles. The summed E-state index contributed by atoms with van der Waals surface area (Å²) in [5, 5.41) is 2.91. The quantitative estimate of drug-likeness (QED) is 0.665. The van der Waals surface area contributed by atoms with Crippen LogP contribution >= 0.6 is 0 Å². The minimum absolute atomic E-state index is 0.145. The lowest BCUT2D eigenvalue weighted by Gasteiger charge is -2.24. The van der Waals surface area contributed by atoms with Gasteiger partial charge in [0, 0.05) is 20.2 Å². The van der Waals surface area contributed by atoms with Crippen LogP contribution in [0.3, 0.4) is 0 Å². The van der Waals surface area contributed by atoms with Gasteiger partial charge in [-0.1, -0.05) is 30.3 Å². The van der Waals surface area contributed by atoms with Gasteiger partial charge >= 0.3 is 0 Å². The number of likely N-dealkylation sites (N-methyl/N-ethyl adjacent to an activating group) is 1. The molecule has 5 heteroatoms. The predicted octanol–water partition coefficient (Wildman–Crippen LogP) is 0.945. The molecule has 3 N–H and O–H groups in total. The number of nitrogens with zero attached hydrogens (tertiary/aromatic N) is 1. The minimum Gasteiger partial charge on any atom is -0.383 e.